The highest BCUT2D eigenvalue weighted by molar-refractivity contribution is 9.11. The lowest BCUT2D eigenvalue weighted by molar-refractivity contribution is -0.131. The molecule has 2 amide bonds. The average Bonchev–Trinajstić information content (AvgIpc) is 2.76. The molecule has 1 atom stereocenters. The number of amides is 2. The molecule has 0 radical (unpaired) electrons. The summed E-state index contributed by atoms with van der Waals surface area (Å²) in [5.41, 5.74) is 1.16. The van der Waals surface area contributed by atoms with E-state index in [1.165, 1.54) is 18.0 Å². The first-order valence-corrected chi connectivity index (χ1v) is 6.92. The molecule has 0 saturated heterocycles. The first kappa shape index (κ1) is 16.4. The Bertz CT molecular complexity index is 497. The molecule has 1 heterocycles. The van der Waals surface area contributed by atoms with Crippen LogP contribution in [0.15, 0.2) is 34.9 Å². The molecular formula is C14H17BrN2O3. The molecule has 1 N–H and O–H groups in total. The van der Waals surface area contributed by atoms with Gasteiger partial charge in [-0.3, -0.25) is 9.59 Å². The van der Waals surface area contributed by atoms with Crippen LogP contribution in [0, 0.1) is 0 Å². The smallest absolute Gasteiger partial charge is 0.255 e. The first-order valence-electron chi connectivity index (χ1n) is 6.13. The van der Waals surface area contributed by atoms with Gasteiger partial charge < -0.3 is 15.0 Å². The van der Waals surface area contributed by atoms with E-state index in [0.29, 0.717) is 29.3 Å². The van der Waals surface area contributed by atoms with E-state index in [9.17, 15) is 14.4 Å². The van der Waals surface area contributed by atoms with Gasteiger partial charge in [0.2, 0.25) is 5.91 Å². The van der Waals surface area contributed by atoms with Gasteiger partial charge in [-0.1, -0.05) is 35.2 Å². The molecule has 0 aromatic rings. The summed E-state index contributed by atoms with van der Waals surface area (Å²) in [5, 5.41) is 2.49. The molecule has 1 aliphatic rings. The van der Waals surface area contributed by atoms with E-state index in [4.69, 9.17) is 0 Å². The number of nitrogens with one attached hydrogen (secondary N) is 1. The van der Waals surface area contributed by atoms with Crippen LogP contribution >= 0.6 is 15.9 Å². The van der Waals surface area contributed by atoms with Gasteiger partial charge in [0, 0.05) is 30.1 Å². The van der Waals surface area contributed by atoms with Gasteiger partial charge in [-0.2, -0.15) is 0 Å². The molecule has 108 valence electrons. The van der Waals surface area contributed by atoms with Crippen molar-refractivity contribution < 1.29 is 14.4 Å². The average molecular weight is 341 g/mol. The van der Waals surface area contributed by atoms with Crippen LogP contribution in [0.1, 0.15) is 12.8 Å². The van der Waals surface area contributed by atoms with Crippen molar-refractivity contribution in [1.29, 1.82) is 0 Å². The third-order valence-corrected chi connectivity index (χ3v) is 3.66. The Kier molecular flexibility index (Phi) is 5.88. The zero-order valence-corrected chi connectivity index (χ0v) is 12.9. The van der Waals surface area contributed by atoms with Crippen molar-refractivity contribution in [2.75, 3.05) is 13.6 Å². The van der Waals surface area contributed by atoms with E-state index in [-0.39, 0.29) is 18.2 Å². The van der Waals surface area contributed by atoms with Crippen LogP contribution in [0.25, 0.3) is 0 Å². The van der Waals surface area contributed by atoms with Crippen molar-refractivity contribution in [2.24, 2.45) is 0 Å². The number of halogens is 1. The van der Waals surface area contributed by atoms with Crippen LogP contribution in [0.5, 0.6) is 0 Å². The number of carbonyl (C=O) groups excluding carboxylic acids is 3. The van der Waals surface area contributed by atoms with Gasteiger partial charge in [-0.25, -0.2) is 0 Å². The number of aldehydes is 1. The van der Waals surface area contributed by atoms with Crippen molar-refractivity contribution >= 4 is 34.0 Å². The van der Waals surface area contributed by atoms with Gasteiger partial charge in [0.15, 0.2) is 0 Å². The molecule has 0 aliphatic carbocycles. The van der Waals surface area contributed by atoms with Crippen LogP contribution in [0.3, 0.4) is 0 Å². The van der Waals surface area contributed by atoms with Crippen LogP contribution in [-0.4, -0.2) is 42.6 Å². The number of hydrogen-bond donors (Lipinski definition) is 1. The van der Waals surface area contributed by atoms with E-state index in [0.717, 1.165) is 5.57 Å². The SMILES string of the molecule is C=CC1=C(C(=C)Br)CN(C(C=O)CCC(=O)NC)C1=O. The highest BCUT2D eigenvalue weighted by Gasteiger charge is 2.33. The molecule has 20 heavy (non-hydrogen) atoms. The fourth-order valence-corrected chi connectivity index (χ4v) is 2.36. The van der Waals surface area contributed by atoms with Crippen molar-refractivity contribution in [1.82, 2.24) is 10.2 Å². The maximum absolute atomic E-state index is 12.2. The second kappa shape index (κ2) is 7.19. The highest BCUT2D eigenvalue weighted by atomic mass is 79.9. The van der Waals surface area contributed by atoms with Crippen LogP contribution in [-0.2, 0) is 14.4 Å². The summed E-state index contributed by atoms with van der Waals surface area (Å²) in [7, 11) is 1.53. The van der Waals surface area contributed by atoms with Gasteiger partial charge in [0.1, 0.15) is 6.29 Å². The summed E-state index contributed by atoms with van der Waals surface area (Å²) in [4.78, 5) is 36.1. The summed E-state index contributed by atoms with van der Waals surface area (Å²) < 4.78 is 0.596. The Hall–Kier alpha value is -1.69. The van der Waals surface area contributed by atoms with E-state index >= 15 is 0 Å². The van der Waals surface area contributed by atoms with Crippen molar-refractivity contribution in [3.63, 3.8) is 0 Å². The van der Waals surface area contributed by atoms with Crippen molar-refractivity contribution in [2.45, 2.75) is 18.9 Å². The van der Waals surface area contributed by atoms with Crippen LogP contribution < -0.4 is 5.32 Å². The minimum Gasteiger partial charge on any atom is -0.359 e. The van der Waals surface area contributed by atoms with Crippen molar-refractivity contribution in [3.05, 3.63) is 34.9 Å². The van der Waals surface area contributed by atoms with Crippen LogP contribution in [0.4, 0.5) is 0 Å². The topological polar surface area (TPSA) is 66.5 Å². The molecule has 0 aromatic heterocycles. The number of carbonyl (C=O) groups is 3. The Labute approximate surface area is 126 Å². The predicted molar refractivity (Wildman–Crippen MR) is 80.2 cm³/mol. The Morgan fingerprint density at radius 2 is 2.25 bits per heavy atom. The lowest BCUT2D eigenvalue weighted by Crippen LogP contribution is -2.39. The molecule has 0 aromatic carbocycles. The monoisotopic (exact) mass is 340 g/mol. The second-order valence-electron chi connectivity index (χ2n) is 4.35. The molecule has 0 bridgehead atoms. The highest BCUT2D eigenvalue weighted by Crippen LogP contribution is 2.29. The summed E-state index contributed by atoms with van der Waals surface area (Å²) in [6, 6.07) is -0.626. The van der Waals surface area contributed by atoms with Gasteiger partial charge >= 0.3 is 0 Å². The number of nitrogens with zero attached hydrogens (tertiary/aromatic N) is 1. The molecule has 1 unspecified atom stereocenters. The lowest BCUT2D eigenvalue weighted by Gasteiger charge is -2.23. The maximum Gasteiger partial charge on any atom is 0.255 e. The molecule has 6 heteroatoms. The molecule has 0 fully saturated rings. The standard InChI is InChI=1S/C14H17BrN2O3/c1-4-11-12(9(2)15)7-17(14(11)20)10(8-18)5-6-13(19)16-3/h4,8,10H,1-2,5-7H2,3H3,(H,16,19). The first-order chi connectivity index (χ1) is 9.46. The summed E-state index contributed by atoms with van der Waals surface area (Å²) in [5.74, 6) is -0.421. The minimum atomic E-state index is -0.626. The quantitative estimate of drug-likeness (QED) is 0.710. The number of hydrogen-bond acceptors (Lipinski definition) is 3. The van der Waals surface area contributed by atoms with Gasteiger partial charge in [0.05, 0.1) is 6.04 Å². The zero-order valence-electron chi connectivity index (χ0n) is 11.3. The number of rotatable bonds is 7. The molecule has 1 rings (SSSR count). The minimum absolute atomic E-state index is 0.162. The molecule has 0 spiro atoms. The van der Waals surface area contributed by atoms with E-state index < -0.39 is 6.04 Å². The van der Waals surface area contributed by atoms with Crippen molar-refractivity contribution in [3.8, 4) is 0 Å². The van der Waals surface area contributed by atoms with E-state index in [1.807, 2.05) is 0 Å². The van der Waals surface area contributed by atoms with Gasteiger partial charge in [-0.05, 0) is 12.0 Å². The summed E-state index contributed by atoms with van der Waals surface area (Å²) in [6.45, 7) is 7.66. The zero-order chi connectivity index (χ0) is 15.3. The lowest BCUT2D eigenvalue weighted by atomic mass is 10.1. The third-order valence-electron chi connectivity index (χ3n) is 3.18. The normalized spacial score (nSPS) is 16.1. The van der Waals surface area contributed by atoms with E-state index in [1.54, 1.807) is 0 Å². The Balaban J connectivity index is 2.85. The molecular weight excluding hydrogens is 324 g/mol. The fraction of sp³-hybridized carbons (Fsp3) is 0.357. The predicted octanol–water partition coefficient (Wildman–Crippen LogP) is 1.31. The van der Waals surface area contributed by atoms with Gasteiger partial charge in [0.25, 0.3) is 5.91 Å². The Morgan fingerprint density at radius 3 is 2.65 bits per heavy atom. The second-order valence-corrected chi connectivity index (χ2v) is 5.31. The Morgan fingerprint density at radius 1 is 1.60 bits per heavy atom. The fourth-order valence-electron chi connectivity index (χ4n) is 2.02. The van der Waals surface area contributed by atoms with Gasteiger partial charge in [-0.15, -0.1) is 0 Å². The largest absolute Gasteiger partial charge is 0.359 e. The van der Waals surface area contributed by atoms with Crippen LogP contribution in [0.2, 0.25) is 0 Å². The molecule has 5 nitrogen and oxygen atoms in total. The summed E-state index contributed by atoms with van der Waals surface area (Å²) >= 11 is 3.25. The third kappa shape index (κ3) is 3.45. The molecule has 0 saturated carbocycles. The molecule has 1 aliphatic heterocycles. The van der Waals surface area contributed by atoms with E-state index in [2.05, 4.69) is 34.4 Å². The maximum atomic E-state index is 12.2. The summed E-state index contributed by atoms with van der Waals surface area (Å²) in [6.07, 6.45) is 2.64.